The maximum atomic E-state index is 11.9. The number of nitrogens with zero attached hydrogens (tertiary/aromatic N) is 4. The number of carbonyl (C=O) groups excluding carboxylic acids is 7. The second-order valence-electron chi connectivity index (χ2n) is 29.4. The van der Waals surface area contributed by atoms with Crippen molar-refractivity contribution in [3.8, 4) is 82.1 Å². The van der Waals surface area contributed by atoms with Gasteiger partial charge in [0, 0.05) is 140 Å². The van der Waals surface area contributed by atoms with Crippen LogP contribution in [0.25, 0.3) is 11.4 Å². The Morgan fingerprint density at radius 1 is 0.515 bits per heavy atom. The second-order valence-corrected chi connectivity index (χ2v) is 32.7. The third-order valence-electron chi connectivity index (χ3n) is 17.9. The standard InChI is InChI=1S/C12H13ClN2O.C12H12N2O.C12H13NO2.C12H15NO.C11H10N2O3.C11H14NOP.C10H9NO.C10H14O2.C9H10O2.C9H12O2/c1-2-4-10-5-3-6-11(9-10)15-12(16)14-8-7-13;1-2-4-10-5-3-6-11(9-10)14-8-7-13-12(14)15;1-3-4-10-5-7-11(8-6-10)13-12(14)9-15-2;1-10-4-6-11(7-5-10)12(14)13-8-2-3-9-13;1-7-12-10(13-16-7)8-4-3-5-9(6-8)11(14)15-2;1-4-6-10-7-5-8-11(9-10)12-14(2,3)13;1-2-3-9-4-6-10(7-5-9)11-8-12;1-9-3-5-10(6-4-9)12-8-7-11-2;1-7-3-5-8(6-4-7)9(10)11-2;1-8-2-4-9(5-3-8)11-7-6-10/h3,5-6,9H,7-8H2,1H3,(H2,14,15,16);3,5-6,9H,7-8H2,1H3,(H,13,15);5-8H,9H2,1-2H3,(H,13,14);4-7H,2-3,8-9H2,1H3;3-6H,1-2H3;5,7-9H,1-3H3,(H,12,13);4-8H,1H3,(H,11,12);3-6H,7-8H2,1-2H3;3-6H,1-2H3;2-5,10H,6-7H2,1H3. The smallest absolute Gasteiger partial charge is 0.337 e. The van der Waals surface area contributed by atoms with Crippen molar-refractivity contribution < 1.29 is 76.2 Å². The Hall–Kier alpha value is -15.2. The molecular formula is C108H122ClN10O16P. The molecule has 0 unspecified atom stereocenters. The van der Waals surface area contributed by atoms with Crippen LogP contribution in [-0.4, -0.2) is 176 Å². The number of rotatable bonds is 22. The van der Waals surface area contributed by atoms with E-state index in [4.69, 9.17) is 40.2 Å². The Balaban J connectivity index is 0.000000316. The number of hydrogen-bond acceptors (Lipinski definition) is 18. The number of anilines is 5. The minimum Gasteiger partial charge on any atom is -0.491 e. The third-order valence-corrected chi connectivity index (χ3v) is 18.9. The quantitative estimate of drug-likeness (QED) is 0.00828. The van der Waals surface area contributed by atoms with Crippen LogP contribution < -0.4 is 46.0 Å². The van der Waals surface area contributed by atoms with Gasteiger partial charge in [-0.05, 0) is 239 Å². The van der Waals surface area contributed by atoms with Crippen LogP contribution in [0.3, 0.4) is 0 Å². The summed E-state index contributed by atoms with van der Waals surface area (Å²) in [6.45, 7) is 27.6. The summed E-state index contributed by atoms with van der Waals surface area (Å²) in [6, 6.07) is 74.8. The molecule has 0 saturated carbocycles. The molecule has 0 aliphatic carbocycles. The molecule has 2 aliphatic heterocycles. The van der Waals surface area contributed by atoms with Crippen LogP contribution >= 0.6 is 18.9 Å². The lowest BCUT2D eigenvalue weighted by Crippen LogP contribution is -2.30. The Labute approximate surface area is 805 Å². The number of alkyl halides is 1. The molecule has 0 bridgehead atoms. The number of hydrogen-bond donors (Lipinski definition) is 7. The van der Waals surface area contributed by atoms with Gasteiger partial charge in [0.2, 0.25) is 24.0 Å². The van der Waals surface area contributed by atoms with E-state index < -0.39 is 7.29 Å². The van der Waals surface area contributed by atoms with Gasteiger partial charge in [-0.1, -0.05) is 136 Å². The molecule has 3 heterocycles. The van der Waals surface area contributed by atoms with Gasteiger partial charge in [-0.3, -0.25) is 19.3 Å². The fraction of sp³-hybridized carbons (Fsp3) is 0.269. The van der Waals surface area contributed by atoms with Crippen molar-refractivity contribution >= 4 is 89.6 Å². The first-order valence-corrected chi connectivity index (χ1v) is 46.3. The van der Waals surface area contributed by atoms with Gasteiger partial charge in [-0.2, -0.15) is 4.98 Å². The highest BCUT2D eigenvalue weighted by Crippen LogP contribution is 2.36. The van der Waals surface area contributed by atoms with E-state index in [2.05, 4.69) is 117 Å². The SMILES string of the molecule is CC#Cc1ccc(NC(=O)COC)cc1.CC#Cc1ccc(NC=O)cc1.CC#Cc1cccc(N2CCNC2=O)c1.CC#Cc1cccc(NC(=O)NCCCl)c1.CC#Cc1cccc(NP(C)(C)=O)c1.COC(=O)c1ccc(C)cc1.COC(=O)c1cccc(-c2noc(C)n2)c1.COCCOc1ccc(C)cc1.Cc1ccc(C(=O)N2CCCC2)cc1.Cc1ccc(OCCO)cc1. The minimum absolute atomic E-state index is 0.0309. The molecule has 11 aromatic rings. The van der Waals surface area contributed by atoms with Gasteiger partial charge in [-0.25, -0.2) is 19.2 Å². The number of aliphatic hydroxyl groups excluding tert-OH is 1. The number of esters is 2. The second kappa shape index (κ2) is 66.2. The van der Waals surface area contributed by atoms with Crippen molar-refractivity contribution in [1.82, 2.24) is 25.7 Å². The Morgan fingerprint density at radius 2 is 0.985 bits per heavy atom. The number of halogens is 1. The molecule has 1 aromatic heterocycles. The van der Waals surface area contributed by atoms with Crippen LogP contribution in [0.5, 0.6) is 11.5 Å². The van der Waals surface area contributed by atoms with Gasteiger partial charge in [0.25, 0.3) is 5.91 Å². The number of urea groups is 2. The van der Waals surface area contributed by atoms with Gasteiger partial charge in [0.15, 0.2) is 7.29 Å². The number of aryl methyl sites for hydroxylation is 5. The summed E-state index contributed by atoms with van der Waals surface area (Å²) in [5, 5.41) is 28.5. The van der Waals surface area contributed by atoms with Crippen LogP contribution in [0.15, 0.2) is 247 Å². The van der Waals surface area contributed by atoms with Gasteiger partial charge in [0.05, 0.1) is 38.6 Å². The van der Waals surface area contributed by atoms with E-state index in [0.29, 0.717) is 73.7 Å². The zero-order valence-electron chi connectivity index (χ0n) is 80.0. The van der Waals surface area contributed by atoms with E-state index >= 15 is 0 Å². The maximum Gasteiger partial charge on any atom is 0.337 e. The van der Waals surface area contributed by atoms with E-state index in [0.717, 1.165) is 111 Å². The van der Waals surface area contributed by atoms with E-state index in [1.54, 1.807) is 109 Å². The highest BCUT2D eigenvalue weighted by molar-refractivity contribution is 7.63. The fourth-order valence-electron chi connectivity index (χ4n) is 11.5. The summed E-state index contributed by atoms with van der Waals surface area (Å²) in [7, 11) is 3.64. The van der Waals surface area contributed by atoms with Gasteiger partial charge in [0.1, 0.15) is 31.3 Å². The number of methoxy groups -OCH3 is 4. The van der Waals surface area contributed by atoms with Crippen molar-refractivity contribution in [3.63, 3.8) is 0 Å². The Morgan fingerprint density at radius 3 is 1.45 bits per heavy atom. The number of carbonyl (C=O) groups is 7. The highest BCUT2D eigenvalue weighted by atomic mass is 35.5. The number of benzene rings is 10. The van der Waals surface area contributed by atoms with Crippen LogP contribution in [0.1, 0.15) is 134 Å². The average Bonchev–Trinajstić information content (AvgIpc) is 1.90. The molecule has 2 saturated heterocycles. The Bertz CT molecular complexity index is 5890. The molecule has 7 amide bonds. The summed E-state index contributed by atoms with van der Waals surface area (Å²) in [5.41, 5.74) is 16.0. The topological polar surface area (TPSA) is 330 Å². The summed E-state index contributed by atoms with van der Waals surface area (Å²) in [4.78, 5) is 85.8. The zero-order valence-corrected chi connectivity index (χ0v) is 81.7. The predicted molar refractivity (Wildman–Crippen MR) is 544 cm³/mol. The van der Waals surface area contributed by atoms with Crippen molar-refractivity contribution in [2.75, 3.05) is 139 Å². The molecule has 0 spiro atoms. The molecule has 0 radical (unpaired) electrons. The van der Waals surface area contributed by atoms with Crippen LogP contribution in [0, 0.1) is 93.8 Å². The molecule has 0 atom stereocenters. The van der Waals surface area contributed by atoms with Crippen molar-refractivity contribution in [2.24, 2.45) is 0 Å². The number of nitrogens with one attached hydrogen (secondary N) is 6. The molecule has 712 valence electrons. The van der Waals surface area contributed by atoms with Crippen LogP contribution in [0.2, 0.25) is 0 Å². The van der Waals surface area contributed by atoms with Crippen LogP contribution in [0.4, 0.5) is 38.0 Å². The molecule has 136 heavy (non-hydrogen) atoms. The molecule has 13 rings (SSSR count). The summed E-state index contributed by atoms with van der Waals surface area (Å²) in [5.74, 6) is 31.2. The lowest BCUT2D eigenvalue weighted by Gasteiger charge is -2.14. The van der Waals surface area contributed by atoms with Crippen molar-refractivity contribution in [1.29, 1.82) is 0 Å². The van der Waals surface area contributed by atoms with Crippen molar-refractivity contribution in [2.45, 2.75) is 82.1 Å². The highest BCUT2D eigenvalue weighted by Gasteiger charge is 2.22. The Kier molecular flexibility index (Phi) is 55.1. The first-order chi connectivity index (χ1) is 65.6. The van der Waals surface area contributed by atoms with E-state index in [9.17, 15) is 38.1 Å². The molecule has 2 fully saturated rings. The molecular weight excluding hydrogens is 1760 g/mol. The normalized spacial score (nSPS) is 10.6. The molecule has 7 N–H and O–H groups in total. The zero-order chi connectivity index (χ0) is 99.7. The van der Waals surface area contributed by atoms with Gasteiger partial charge < -0.3 is 79.2 Å². The van der Waals surface area contributed by atoms with Crippen molar-refractivity contribution in [3.05, 3.63) is 315 Å². The van der Waals surface area contributed by atoms with Crippen LogP contribution in [-0.2, 0) is 33.1 Å². The predicted octanol–water partition coefficient (Wildman–Crippen LogP) is 19.5. The minimum atomic E-state index is -2.22. The van der Waals surface area contributed by atoms with Gasteiger partial charge >= 0.3 is 24.0 Å². The number of amides is 7. The molecule has 10 aromatic carbocycles. The molecule has 26 nitrogen and oxygen atoms in total. The lowest BCUT2D eigenvalue weighted by atomic mass is 10.1. The summed E-state index contributed by atoms with van der Waals surface area (Å²) in [6.07, 6.45) is 2.95. The summed E-state index contributed by atoms with van der Waals surface area (Å²) >= 11 is 5.45. The largest absolute Gasteiger partial charge is 0.491 e. The monoisotopic (exact) mass is 1880 g/mol. The number of aliphatic hydroxyl groups is 1. The van der Waals surface area contributed by atoms with E-state index in [-0.39, 0.29) is 49.0 Å². The molecule has 28 heteroatoms. The number of likely N-dealkylation sites (tertiary alicyclic amines) is 1. The van der Waals surface area contributed by atoms with E-state index in [1.807, 2.05) is 226 Å². The number of aromatic nitrogens is 2. The number of ether oxygens (including phenoxy) is 6. The first-order valence-electron chi connectivity index (χ1n) is 43.2. The fourth-order valence-corrected chi connectivity index (χ4v) is 12.3. The first kappa shape index (κ1) is 113. The molecule has 2 aliphatic rings. The lowest BCUT2D eigenvalue weighted by molar-refractivity contribution is -0.119. The maximum absolute atomic E-state index is 11.9. The third kappa shape index (κ3) is 47.8. The van der Waals surface area contributed by atoms with E-state index in [1.165, 1.54) is 38.0 Å². The summed E-state index contributed by atoms with van der Waals surface area (Å²) < 4.78 is 45.6. The van der Waals surface area contributed by atoms with Gasteiger partial charge in [-0.15, -0.1) is 41.2 Å². The average molecular weight is 1880 g/mol.